The number of nitrogens with zero attached hydrogens (tertiary/aromatic N) is 1. The Labute approximate surface area is 129 Å². The van der Waals surface area contributed by atoms with Crippen LogP contribution in [0.15, 0.2) is 53.1 Å². The van der Waals surface area contributed by atoms with E-state index in [0.29, 0.717) is 25.4 Å². The molecule has 1 aromatic carbocycles. The van der Waals surface area contributed by atoms with E-state index >= 15 is 0 Å². The van der Waals surface area contributed by atoms with E-state index in [1.807, 2.05) is 30.3 Å². The van der Waals surface area contributed by atoms with Gasteiger partial charge in [-0.3, -0.25) is 4.79 Å². The summed E-state index contributed by atoms with van der Waals surface area (Å²) in [4.78, 5) is 14.3. The van der Waals surface area contributed by atoms with Gasteiger partial charge >= 0.3 is 0 Å². The molecule has 1 amide bonds. The van der Waals surface area contributed by atoms with E-state index < -0.39 is 6.10 Å². The Morgan fingerprint density at radius 1 is 1.27 bits per heavy atom. The average molecular weight is 300 g/mol. The molecule has 22 heavy (non-hydrogen) atoms. The highest BCUT2D eigenvalue weighted by Crippen LogP contribution is 2.19. The third-order valence-electron chi connectivity index (χ3n) is 3.92. The van der Waals surface area contributed by atoms with E-state index in [9.17, 15) is 9.90 Å². The van der Waals surface area contributed by atoms with Crippen LogP contribution in [0.3, 0.4) is 0 Å². The van der Waals surface area contributed by atoms with Gasteiger partial charge < -0.3 is 19.7 Å². The SMILES string of the molecule is O=C(C1CNC1)N(Cc1ccccc1)CC(O)c1ccco1. The lowest BCUT2D eigenvalue weighted by Gasteiger charge is -2.33. The molecule has 1 saturated heterocycles. The molecule has 0 spiro atoms. The third-order valence-corrected chi connectivity index (χ3v) is 3.92. The Morgan fingerprint density at radius 3 is 2.64 bits per heavy atom. The maximum Gasteiger partial charge on any atom is 0.228 e. The molecule has 2 heterocycles. The number of furan rings is 1. The second-order valence-corrected chi connectivity index (χ2v) is 5.59. The summed E-state index contributed by atoms with van der Waals surface area (Å²) in [5.74, 6) is 0.568. The fraction of sp³-hybridized carbons (Fsp3) is 0.353. The van der Waals surface area contributed by atoms with E-state index in [0.717, 1.165) is 5.56 Å². The van der Waals surface area contributed by atoms with E-state index in [1.165, 1.54) is 6.26 Å². The summed E-state index contributed by atoms with van der Waals surface area (Å²) >= 11 is 0. The minimum atomic E-state index is -0.810. The van der Waals surface area contributed by atoms with Gasteiger partial charge in [0.2, 0.25) is 5.91 Å². The molecule has 5 nitrogen and oxygen atoms in total. The first-order chi connectivity index (χ1) is 10.7. The van der Waals surface area contributed by atoms with Crippen LogP contribution in [-0.2, 0) is 11.3 Å². The summed E-state index contributed by atoms with van der Waals surface area (Å²) in [7, 11) is 0. The van der Waals surface area contributed by atoms with Crippen LogP contribution in [0.4, 0.5) is 0 Å². The third kappa shape index (κ3) is 3.37. The lowest BCUT2D eigenvalue weighted by atomic mass is 10.0. The van der Waals surface area contributed by atoms with Crippen LogP contribution >= 0.6 is 0 Å². The van der Waals surface area contributed by atoms with Crippen molar-refractivity contribution >= 4 is 5.91 Å². The number of amides is 1. The van der Waals surface area contributed by atoms with Crippen LogP contribution < -0.4 is 5.32 Å². The van der Waals surface area contributed by atoms with Crippen LogP contribution in [0.2, 0.25) is 0 Å². The molecule has 116 valence electrons. The van der Waals surface area contributed by atoms with Crippen LogP contribution in [0.5, 0.6) is 0 Å². The molecule has 3 rings (SSSR count). The Kier molecular flexibility index (Phi) is 4.56. The van der Waals surface area contributed by atoms with Gasteiger partial charge in [0.05, 0.1) is 18.7 Å². The summed E-state index contributed by atoms with van der Waals surface area (Å²) < 4.78 is 5.23. The fourth-order valence-corrected chi connectivity index (χ4v) is 2.54. The minimum Gasteiger partial charge on any atom is -0.467 e. The van der Waals surface area contributed by atoms with Gasteiger partial charge in [0.15, 0.2) is 0 Å². The molecule has 1 aliphatic rings. The van der Waals surface area contributed by atoms with Crippen LogP contribution in [0.25, 0.3) is 0 Å². The lowest BCUT2D eigenvalue weighted by molar-refractivity contribution is -0.139. The molecule has 1 aromatic heterocycles. The smallest absolute Gasteiger partial charge is 0.228 e. The van der Waals surface area contributed by atoms with Gasteiger partial charge in [0.25, 0.3) is 0 Å². The second kappa shape index (κ2) is 6.77. The van der Waals surface area contributed by atoms with E-state index in [-0.39, 0.29) is 18.4 Å². The Bertz CT molecular complexity index is 594. The highest BCUT2D eigenvalue weighted by molar-refractivity contribution is 5.80. The van der Waals surface area contributed by atoms with Gasteiger partial charge in [-0.2, -0.15) is 0 Å². The monoisotopic (exact) mass is 300 g/mol. The summed E-state index contributed by atoms with van der Waals surface area (Å²) in [5.41, 5.74) is 1.05. The van der Waals surface area contributed by atoms with E-state index in [2.05, 4.69) is 5.32 Å². The van der Waals surface area contributed by atoms with Crippen LogP contribution in [-0.4, -0.2) is 35.5 Å². The Morgan fingerprint density at radius 2 is 2.05 bits per heavy atom. The van der Waals surface area contributed by atoms with Crippen molar-refractivity contribution in [1.29, 1.82) is 0 Å². The summed E-state index contributed by atoms with van der Waals surface area (Å²) in [6, 6.07) is 13.3. The van der Waals surface area contributed by atoms with Crippen LogP contribution in [0, 0.1) is 5.92 Å². The first-order valence-electron chi connectivity index (χ1n) is 7.49. The number of rotatable bonds is 6. The standard InChI is InChI=1S/C17H20N2O3/c20-15(16-7-4-8-22-16)12-19(17(21)14-9-18-10-14)11-13-5-2-1-3-6-13/h1-8,14-15,18,20H,9-12H2. The van der Waals surface area contributed by atoms with E-state index in [1.54, 1.807) is 17.0 Å². The summed E-state index contributed by atoms with van der Waals surface area (Å²) in [5, 5.41) is 13.4. The topological polar surface area (TPSA) is 65.7 Å². The molecule has 2 aromatic rings. The number of aliphatic hydroxyl groups is 1. The molecule has 1 fully saturated rings. The predicted octanol–water partition coefficient (Wildman–Crippen LogP) is 1.56. The number of carbonyl (C=O) groups excluding carboxylic acids is 1. The fourth-order valence-electron chi connectivity index (χ4n) is 2.54. The highest BCUT2D eigenvalue weighted by atomic mass is 16.4. The van der Waals surface area contributed by atoms with Crippen molar-refractivity contribution in [1.82, 2.24) is 10.2 Å². The molecule has 0 saturated carbocycles. The molecule has 0 bridgehead atoms. The number of nitrogens with one attached hydrogen (secondary N) is 1. The lowest BCUT2D eigenvalue weighted by Crippen LogP contribution is -2.52. The van der Waals surface area contributed by atoms with E-state index in [4.69, 9.17) is 4.42 Å². The highest BCUT2D eigenvalue weighted by Gasteiger charge is 2.30. The molecular weight excluding hydrogens is 280 g/mol. The van der Waals surface area contributed by atoms with Crippen molar-refractivity contribution in [3.8, 4) is 0 Å². The maximum absolute atomic E-state index is 12.6. The molecule has 0 aliphatic carbocycles. The maximum atomic E-state index is 12.6. The first-order valence-corrected chi connectivity index (χ1v) is 7.49. The molecule has 1 atom stereocenters. The van der Waals surface area contributed by atoms with Gasteiger partial charge in [-0.15, -0.1) is 0 Å². The molecule has 0 radical (unpaired) electrons. The average Bonchev–Trinajstić information content (AvgIpc) is 3.00. The summed E-state index contributed by atoms with van der Waals surface area (Å²) in [6.45, 7) is 2.15. The number of carbonyl (C=O) groups is 1. The molecule has 1 aliphatic heterocycles. The molecule has 1 unspecified atom stereocenters. The Balaban J connectivity index is 1.71. The normalized spacial score (nSPS) is 16.0. The quantitative estimate of drug-likeness (QED) is 0.850. The van der Waals surface area contributed by atoms with Crippen molar-refractivity contribution in [3.05, 3.63) is 60.1 Å². The Hall–Kier alpha value is -2.11. The van der Waals surface area contributed by atoms with Crippen molar-refractivity contribution in [2.75, 3.05) is 19.6 Å². The van der Waals surface area contributed by atoms with Gasteiger partial charge in [-0.1, -0.05) is 30.3 Å². The van der Waals surface area contributed by atoms with Crippen molar-refractivity contribution in [2.45, 2.75) is 12.6 Å². The van der Waals surface area contributed by atoms with Crippen molar-refractivity contribution in [3.63, 3.8) is 0 Å². The first kappa shape index (κ1) is 14.8. The minimum absolute atomic E-state index is 0.00696. The van der Waals surface area contributed by atoms with Gasteiger partial charge in [-0.05, 0) is 17.7 Å². The molecule has 2 N–H and O–H groups in total. The number of hydrogen-bond donors (Lipinski definition) is 2. The molecule has 5 heteroatoms. The number of aliphatic hydroxyl groups excluding tert-OH is 1. The van der Waals surface area contributed by atoms with Crippen molar-refractivity contribution in [2.24, 2.45) is 5.92 Å². The van der Waals surface area contributed by atoms with Gasteiger partial charge in [0.1, 0.15) is 11.9 Å². The zero-order chi connectivity index (χ0) is 15.4. The van der Waals surface area contributed by atoms with Crippen molar-refractivity contribution < 1.29 is 14.3 Å². The largest absolute Gasteiger partial charge is 0.467 e. The number of benzene rings is 1. The summed E-state index contributed by atoms with van der Waals surface area (Å²) in [6.07, 6.45) is 0.716. The van der Waals surface area contributed by atoms with Gasteiger partial charge in [0, 0.05) is 19.6 Å². The zero-order valence-corrected chi connectivity index (χ0v) is 12.3. The number of hydrogen-bond acceptors (Lipinski definition) is 4. The zero-order valence-electron chi connectivity index (χ0n) is 12.3. The second-order valence-electron chi connectivity index (χ2n) is 5.59. The van der Waals surface area contributed by atoms with Crippen LogP contribution in [0.1, 0.15) is 17.4 Å². The predicted molar refractivity (Wildman–Crippen MR) is 81.9 cm³/mol. The van der Waals surface area contributed by atoms with Gasteiger partial charge in [-0.25, -0.2) is 0 Å². The molecular formula is C17H20N2O3.